The number of amides is 1. The number of nitriles is 1. The first kappa shape index (κ1) is 15.3. The van der Waals surface area contributed by atoms with Crippen LogP contribution >= 0.6 is 0 Å². The molecule has 0 saturated carbocycles. The summed E-state index contributed by atoms with van der Waals surface area (Å²) in [6.45, 7) is -0.116. The van der Waals surface area contributed by atoms with E-state index in [1.165, 1.54) is 18.3 Å². The molecule has 28 heavy (non-hydrogen) atoms. The SMILES string of the molecule is [2H]C([2H])(Oc1cc2c(cc1-c1ccc(F)c(C#N)c1)C(=O)NC2)c1ccc(C)nc1. The number of hydrogen-bond donors (Lipinski definition) is 1. The largest absolute Gasteiger partial charge is 0.488 e. The van der Waals surface area contributed by atoms with Crippen LogP contribution in [0, 0.1) is 24.1 Å². The number of carbonyl (C=O) groups excluding carboxylic acids is 1. The molecule has 4 rings (SSSR count). The Bertz CT molecular complexity index is 1200. The van der Waals surface area contributed by atoms with Crippen molar-refractivity contribution in [1.82, 2.24) is 10.3 Å². The fourth-order valence-corrected chi connectivity index (χ4v) is 2.98. The molecule has 0 spiro atoms. The van der Waals surface area contributed by atoms with Crippen LogP contribution in [0.5, 0.6) is 5.75 Å². The number of benzene rings is 2. The Morgan fingerprint density at radius 1 is 1.29 bits per heavy atom. The van der Waals surface area contributed by atoms with E-state index in [1.807, 2.05) is 0 Å². The van der Waals surface area contributed by atoms with E-state index in [0.29, 0.717) is 28.8 Å². The molecular formula is C22H16FN3O2. The average Bonchev–Trinajstić information content (AvgIpc) is 3.08. The van der Waals surface area contributed by atoms with Gasteiger partial charge in [-0.25, -0.2) is 4.39 Å². The molecule has 0 radical (unpaired) electrons. The van der Waals surface area contributed by atoms with Gasteiger partial charge in [0.15, 0.2) is 0 Å². The van der Waals surface area contributed by atoms with Gasteiger partial charge in [-0.3, -0.25) is 9.78 Å². The van der Waals surface area contributed by atoms with Gasteiger partial charge in [-0.2, -0.15) is 5.26 Å². The highest BCUT2D eigenvalue weighted by atomic mass is 19.1. The van der Waals surface area contributed by atoms with Crippen molar-refractivity contribution < 1.29 is 16.7 Å². The quantitative estimate of drug-likeness (QED) is 0.751. The van der Waals surface area contributed by atoms with Gasteiger partial charge in [-0.15, -0.1) is 0 Å². The van der Waals surface area contributed by atoms with E-state index in [1.54, 1.807) is 37.3 Å². The van der Waals surface area contributed by atoms with Gasteiger partial charge >= 0.3 is 0 Å². The summed E-state index contributed by atoms with van der Waals surface area (Å²) in [7, 11) is 0. The highest BCUT2D eigenvalue weighted by Gasteiger charge is 2.23. The van der Waals surface area contributed by atoms with Crippen molar-refractivity contribution in [3.8, 4) is 22.9 Å². The predicted molar refractivity (Wildman–Crippen MR) is 101 cm³/mol. The molecule has 5 nitrogen and oxygen atoms in total. The summed E-state index contributed by atoms with van der Waals surface area (Å²) in [4.78, 5) is 16.2. The van der Waals surface area contributed by atoms with Crippen LogP contribution < -0.4 is 10.1 Å². The number of rotatable bonds is 4. The van der Waals surface area contributed by atoms with Crippen LogP contribution in [0.4, 0.5) is 4.39 Å². The molecule has 6 heteroatoms. The number of ether oxygens (including phenoxy) is 1. The summed E-state index contributed by atoms with van der Waals surface area (Å²) in [5.41, 5.74) is 2.72. The minimum absolute atomic E-state index is 0.158. The number of carbonyl (C=O) groups is 1. The van der Waals surface area contributed by atoms with Crippen molar-refractivity contribution in [1.29, 1.82) is 5.26 Å². The number of nitrogens with zero attached hydrogens (tertiary/aromatic N) is 2. The maximum Gasteiger partial charge on any atom is 0.251 e. The minimum atomic E-state index is -2.21. The molecule has 0 fully saturated rings. The second-order valence-corrected chi connectivity index (χ2v) is 6.39. The second-order valence-electron chi connectivity index (χ2n) is 6.39. The molecular weight excluding hydrogens is 357 g/mol. The Morgan fingerprint density at radius 2 is 2.14 bits per heavy atom. The molecule has 1 amide bonds. The monoisotopic (exact) mass is 375 g/mol. The maximum absolute atomic E-state index is 13.8. The number of aromatic nitrogens is 1. The standard InChI is InChI=1S/C22H16FN3O2/c1-13-2-3-14(10-25-13)12-28-21-7-17-11-26-22(27)19(17)8-18(21)15-4-5-20(23)16(6-15)9-24/h2-8,10H,11-12H2,1H3,(H,26,27)/i12D2. The zero-order valence-corrected chi connectivity index (χ0v) is 14.9. The Balaban J connectivity index is 1.84. The van der Waals surface area contributed by atoms with E-state index < -0.39 is 12.4 Å². The topological polar surface area (TPSA) is 75.0 Å². The van der Waals surface area contributed by atoms with Crippen LogP contribution in [0.3, 0.4) is 0 Å². The van der Waals surface area contributed by atoms with Gasteiger partial charge < -0.3 is 10.1 Å². The first-order valence-corrected chi connectivity index (χ1v) is 8.56. The molecule has 1 aliphatic heterocycles. The highest BCUT2D eigenvalue weighted by Crippen LogP contribution is 2.36. The predicted octanol–water partition coefficient (Wildman–Crippen LogP) is 3.89. The fourth-order valence-electron chi connectivity index (χ4n) is 2.98. The number of nitrogens with one attached hydrogen (secondary N) is 1. The van der Waals surface area contributed by atoms with Gasteiger partial charge in [-0.1, -0.05) is 12.1 Å². The zero-order valence-electron chi connectivity index (χ0n) is 16.9. The van der Waals surface area contributed by atoms with Crippen molar-refractivity contribution in [2.45, 2.75) is 20.0 Å². The number of fused-ring (bicyclic) bond motifs is 1. The third kappa shape index (κ3) is 3.30. The molecule has 0 atom stereocenters. The van der Waals surface area contributed by atoms with Crippen LogP contribution in [0.1, 0.15) is 35.5 Å². The Morgan fingerprint density at radius 3 is 2.89 bits per heavy atom. The molecule has 0 saturated heterocycles. The molecule has 0 bridgehead atoms. The van der Waals surface area contributed by atoms with Gasteiger partial charge in [0.25, 0.3) is 5.91 Å². The van der Waals surface area contributed by atoms with E-state index in [9.17, 15) is 9.18 Å². The van der Waals surface area contributed by atoms with Crippen molar-refractivity contribution in [3.63, 3.8) is 0 Å². The van der Waals surface area contributed by atoms with E-state index in [4.69, 9.17) is 12.7 Å². The smallest absolute Gasteiger partial charge is 0.251 e. The van der Waals surface area contributed by atoms with Crippen molar-refractivity contribution in [2.24, 2.45) is 0 Å². The fraction of sp³-hybridized carbons (Fsp3) is 0.136. The zero-order chi connectivity index (χ0) is 21.5. The molecule has 2 heterocycles. The van der Waals surface area contributed by atoms with Crippen molar-refractivity contribution >= 4 is 5.91 Å². The van der Waals surface area contributed by atoms with E-state index >= 15 is 0 Å². The number of halogens is 1. The van der Waals surface area contributed by atoms with Crippen LogP contribution in [-0.4, -0.2) is 10.9 Å². The van der Waals surface area contributed by atoms with Crippen LogP contribution in [-0.2, 0) is 13.1 Å². The number of hydrogen-bond acceptors (Lipinski definition) is 4. The highest BCUT2D eigenvalue weighted by molar-refractivity contribution is 6.00. The second kappa shape index (κ2) is 7.12. The number of aryl methyl sites for hydroxylation is 1. The first-order chi connectivity index (χ1) is 14.3. The summed E-state index contributed by atoms with van der Waals surface area (Å²) >= 11 is 0. The summed E-state index contributed by atoms with van der Waals surface area (Å²) < 4.78 is 36.3. The van der Waals surface area contributed by atoms with Crippen molar-refractivity contribution in [3.05, 3.63) is 82.4 Å². The molecule has 2 aromatic carbocycles. The van der Waals surface area contributed by atoms with Gasteiger partial charge in [0.05, 0.1) is 8.30 Å². The van der Waals surface area contributed by atoms with Crippen LogP contribution in [0.25, 0.3) is 11.1 Å². The molecule has 1 N–H and O–H groups in total. The number of pyridine rings is 1. The molecule has 1 aliphatic rings. The first-order valence-electron chi connectivity index (χ1n) is 9.56. The summed E-state index contributed by atoms with van der Waals surface area (Å²) in [5.74, 6) is -0.749. The van der Waals surface area contributed by atoms with Gasteiger partial charge in [-0.05, 0) is 48.4 Å². The lowest BCUT2D eigenvalue weighted by atomic mass is 9.97. The maximum atomic E-state index is 13.8. The lowest BCUT2D eigenvalue weighted by molar-refractivity contribution is 0.0966. The van der Waals surface area contributed by atoms with Crippen LogP contribution in [0.2, 0.25) is 0 Å². The van der Waals surface area contributed by atoms with Gasteiger partial charge in [0, 0.05) is 35.1 Å². The minimum Gasteiger partial charge on any atom is -0.488 e. The molecule has 0 aliphatic carbocycles. The van der Waals surface area contributed by atoms with Gasteiger partial charge in [0.2, 0.25) is 0 Å². The lowest BCUT2D eigenvalue weighted by Gasteiger charge is -2.14. The Kier molecular flexibility index (Phi) is 3.90. The Hall–Kier alpha value is -3.72. The summed E-state index contributed by atoms with van der Waals surface area (Å²) in [6, 6.07) is 12.2. The van der Waals surface area contributed by atoms with Crippen LogP contribution in [0.15, 0.2) is 48.7 Å². The molecule has 3 aromatic rings. The van der Waals surface area contributed by atoms with E-state index in [0.717, 1.165) is 11.8 Å². The van der Waals surface area contributed by atoms with Crippen molar-refractivity contribution in [2.75, 3.05) is 0 Å². The Labute approximate surface area is 164 Å². The normalized spacial score (nSPS) is 13.8. The lowest BCUT2D eigenvalue weighted by Crippen LogP contribution is -2.12. The average molecular weight is 375 g/mol. The van der Waals surface area contributed by atoms with Gasteiger partial charge in [0.1, 0.15) is 24.2 Å². The molecule has 138 valence electrons. The van der Waals surface area contributed by atoms with E-state index in [2.05, 4.69) is 10.3 Å². The van der Waals surface area contributed by atoms with E-state index in [-0.39, 0.29) is 22.8 Å². The molecule has 1 aromatic heterocycles. The third-order valence-electron chi connectivity index (χ3n) is 4.48. The third-order valence-corrected chi connectivity index (χ3v) is 4.48. The summed E-state index contributed by atoms with van der Waals surface area (Å²) in [5, 5.41) is 11.9. The molecule has 0 unspecified atom stereocenters. The summed E-state index contributed by atoms with van der Waals surface area (Å²) in [6.07, 6.45) is 1.40.